The van der Waals surface area contributed by atoms with Gasteiger partial charge in [-0.25, -0.2) is 18.1 Å². The number of hydrogen-bond acceptors (Lipinski definition) is 4. The highest BCUT2D eigenvalue weighted by molar-refractivity contribution is 9.10. The predicted octanol–water partition coefficient (Wildman–Crippen LogP) is 2.21. The van der Waals surface area contributed by atoms with Crippen molar-refractivity contribution in [3.8, 4) is 0 Å². The van der Waals surface area contributed by atoms with Crippen molar-refractivity contribution in [1.29, 1.82) is 0 Å². The Kier molecular flexibility index (Phi) is 4.47. The minimum absolute atomic E-state index is 0.192. The van der Waals surface area contributed by atoms with Gasteiger partial charge in [-0.3, -0.25) is 0 Å². The molecule has 2 N–H and O–H groups in total. The number of aromatic nitrogens is 1. The minimum atomic E-state index is -3.52. The molecule has 1 aromatic rings. The predicted molar refractivity (Wildman–Crippen MR) is 78.6 cm³/mol. The topological polar surface area (TPSA) is 71.1 Å². The van der Waals surface area contributed by atoms with Gasteiger partial charge in [0.15, 0.2) is 0 Å². The lowest BCUT2D eigenvalue weighted by Gasteiger charge is -2.11. The van der Waals surface area contributed by atoms with Gasteiger partial charge in [0.2, 0.25) is 10.0 Å². The summed E-state index contributed by atoms with van der Waals surface area (Å²) in [5, 5.41) is 2.97. The summed E-state index contributed by atoms with van der Waals surface area (Å²) in [7, 11) is -3.52. The second kappa shape index (κ2) is 5.76. The van der Waals surface area contributed by atoms with Gasteiger partial charge in [-0.1, -0.05) is 6.92 Å². The van der Waals surface area contributed by atoms with Gasteiger partial charge in [0.25, 0.3) is 0 Å². The van der Waals surface area contributed by atoms with Gasteiger partial charge in [-0.15, -0.1) is 0 Å². The largest absolute Gasteiger partial charge is 0.369 e. The fourth-order valence-corrected chi connectivity index (χ4v) is 3.64. The van der Waals surface area contributed by atoms with Crippen molar-refractivity contribution in [2.24, 2.45) is 11.8 Å². The third-order valence-corrected chi connectivity index (χ3v) is 5.14. The third kappa shape index (κ3) is 3.67. The molecule has 0 bridgehead atoms. The maximum absolute atomic E-state index is 12.3. The Morgan fingerprint density at radius 2 is 2.21 bits per heavy atom. The standard InChI is InChI=1S/C12H18BrN3O2S/c1-3-14-12-11(5-10(13)7-15-12)19(17,18)16-6-9-4-8(9)2/h5,7-9,16H,3-4,6H2,1-2H3,(H,14,15). The molecule has 0 aromatic carbocycles. The molecule has 1 aliphatic rings. The zero-order valence-corrected chi connectivity index (χ0v) is 13.4. The lowest BCUT2D eigenvalue weighted by Crippen LogP contribution is -2.27. The number of anilines is 1. The fourth-order valence-electron chi connectivity index (χ4n) is 1.90. The van der Waals surface area contributed by atoms with Crippen molar-refractivity contribution in [1.82, 2.24) is 9.71 Å². The number of halogens is 1. The Hall–Kier alpha value is -0.660. The first-order chi connectivity index (χ1) is 8.94. The number of pyridine rings is 1. The van der Waals surface area contributed by atoms with Crippen LogP contribution in [0.1, 0.15) is 20.3 Å². The number of sulfonamides is 1. The number of hydrogen-bond donors (Lipinski definition) is 2. The van der Waals surface area contributed by atoms with Crippen LogP contribution in [0, 0.1) is 11.8 Å². The van der Waals surface area contributed by atoms with E-state index in [-0.39, 0.29) is 4.90 Å². The summed E-state index contributed by atoms with van der Waals surface area (Å²) >= 11 is 3.26. The molecule has 5 nitrogen and oxygen atoms in total. The van der Waals surface area contributed by atoms with Crippen LogP contribution in [-0.2, 0) is 10.0 Å². The first-order valence-electron chi connectivity index (χ1n) is 6.33. The summed E-state index contributed by atoms with van der Waals surface area (Å²) in [6.45, 7) is 5.15. The van der Waals surface area contributed by atoms with Crippen molar-refractivity contribution in [2.75, 3.05) is 18.4 Å². The number of nitrogens with one attached hydrogen (secondary N) is 2. The van der Waals surface area contributed by atoms with Crippen LogP contribution in [0.2, 0.25) is 0 Å². The van der Waals surface area contributed by atoms with Crippen LogP contribution in [0.25, 0.3) is 0 Å². The first-order valence-corrected chi connectivity index (χ1v) is 8.60. The molecule has 1 heterocycles. The molecule has 0 amide bonds. The molecule has 7 heteroatoms. The molecule has 2 atom stereocenters. The van der Waals surface area contributed by atoms with Gasteiger partial charge in [0.1, 0.15) is 10.7 Å². The SMILES string of the molecule is CCNc1ncc(Br)cc1S(=O)(=O)NCC1CC1C. The van der Waals surface area contributed by atoms with Gasteiger partial charge in [-0.2, -0.15) is 0 Å². The summed E-state index contributed by atoms with van der Waals surface area (Å²) in [5.74, 6) is 1.48. The van der Waals surface area contributed by atoms with E-state index in [0.29, 0.717) is 35.2 Å². The average Bonchev–Trinajstić information content (AvgIpc) is 3.06. The molecule has 0 radical (unpaired) electrons. The average molecular weight is 348 g/mol. The third-order valence-electron chi connectivity index (χ3n) is 3.26. The first kappa shape index (κ1) is 14.7. The maximum Gasteiger partial charge on any atom is 0.244 e. The summed E-state index contributed by atoms with van der Waals surface area (Å²) in [6, 6.07) is 1.57. The van der Waals surface area contributed by atoms with Gasteiger partial charge >= 0.3 is 0 Å². The summed E-state index contributed by atoms with van der Waals surface area (Å²) in [5.41, 5.74) is 0. The van der Waals surface area contributed by atoms with Crippen molar-refractivity contribution in [3.05, 3.63) is 16.7 Å². The normalized spacial score (nSPS) is 22.3. The monoisotopic (exact) mass is 347 g/mol. The highest BCUT2D eigenvalue weighted by atomic mass is 79.9. The molecular weight excluding hydrogens is 330 g/mol. The van der Waals surface area contributed by atoms with E-state index in [1.807, 2.05) is 6.92 Å². The Morgan fingerprint density at radius 3 is 2.79 bits per heavy atom. The lowest BCUT2D eigenvalue weighted by atomic mass is 10.3. The zero-order chi connectivity index (χ0) is 14.0. The van der Waals surface area contributed by atoms with Crippen LogP contribution in [0.15, 0.2) is 21.6 Å². The molecule has 19 heavy (non-hydrogen) atoms. The molecule has 1 aromatic heterocycles. The van der Waals surface area contributed by atoms with Crippen LogP contribution in [-0.4, -0.2) is 26.5 Å². The maximum atomic E-state index is 12.3. The van der Waals surface area contributed by atoms with Gasteiger partial charge in [-0.05, 0) is 47.2 Å². The molecule has 1 fully saturated rings. The van der Waals surface area contributed by atoms with Gasteiger partial charge in [0.05, 0.1) is 0 Å². The summed E-state index contributed by atoms with van der Waals surface area (Å²) in [4.78, 5) is 4.31. The van der Waals surface area contributed by atoms with Crippen LogP contribution in [0.5, 0.6) is 0 Å². The molecule has 0 saturated heterocycles. The van der Waals surface area contributed by atoms with E-state index in [9.17, 15) is 8.42 Å². The van der Waals surface area contributed by atoms with Gasteiger partial charge in [0, 0.05) is 23.8 Å². The Balaban J connectivity index is 2.20. The second-order valence-electron chi connectivity index (χ2n) is 4.86. The Labute approximate surface area is 122 Å². The summed E-state index contributed by atoms with van der Waals surface area (Å²) in [6.07, 6.45) is 2.68. The molecular formula is C12H18BrN3O2S. The van der Waals surface area contributed by atoms with E-state index in [1.54, 1.807) is 12.3 Å². The quantitative estimate of drug-likeness (QED) is 0.827. The molecule has 1 saturated carbocycles. The van der Waals surface area contributed by atoms with Gasteiger partial charge < -0.3 is 5.32 Å². The van der Waals surface area contributed by atoms with Crippen molar-refractivity contribution >= 4 is 31.8 Å². The van der Waals surface area contributed by atoms with Crippen LogP contribution in [0.4, 0.5) is 5.82 Å². The van der Waals surface area contributed by atoms with Crippen LogP contribution in [0.3, 0.4) is 0 Å². The Bertz CT molecular complexity index is 562. The van der Waals surface area contributed by atoms with Crippen LogP contribution < -0.4 is 10.0 Å². The summed E-state index contributed by atoms with van der Waals surface area (Å²) < 4.78 is 27.9. The van der Waals surface area contributed by atoms with Crippen molar-refractivity contribution in [2.45, 2.75) is 25.2 Å². The van der Waals surface area contributed by atoms with E-state index < -0.39 is 10.0 Å². The molecule has 2 unspecified atom stereocenters. The molecule has 1 aliphatic carbocycles. The van der Waals surface area contributed by atoms with E-state index in [4.69, 9.17) is 0 Å². The smallest absolute Gasteiger partial charge is 0.244 e. The fraction of sp³-hybridized carbons (Fsp3) is 0.583. The molecule has 0 spiro atoms. The highest BCUT2D eigenvalue weighted by Gasteiger charge is 2.33. The molecule has 0 aliphatic heterocycles. The minimum Gasteiger partial charge on any atom is -0.369 e. The zero-order valence-electron chi connectivity index (χ0n) is 11.0. The van der Waals surface area contributed by atoms with Crippen LogP contribution >= 0.6 is 15.9 Å². The van der Waals surface area contributed by atoms with E-state index in [2.05, 4.69) is 37.9 Å². The lowest BCUT2D eigenvalue weighted by molar-refractivity contribution is 0.574. The second-order valence-corrected chi connectivity index (χ2v) is 7.51. The van der Waals surface area contributed by atoms with Crippen molar-refractivity contribution in [3.63, 3.8) is 0 Å². The van der Waals surface area contributed by atoms with E-state index in [1.165, 1.54) is 0 Å². The highest BCUT2D eigenvalue weighted by Crippen LogP contribution is 2.37. The Morgan fingerprint density at radius 1 is 1.53 bits per heavy atom. The van der Waals surface area contributed by atoms with E-state index >= 15 is 0 Å². The molecule has 106 valence electrons. The van der Waals surface area contributed by atoms with E-state index in [0.717, 1.165) is 6.42 Å². The molecule has 2 rings (SSSR count). The van der Waals surface area contributed by atoms with Crippen molar-refractivity contribution < 1.29 is 8.42 Å². The number of rotatable bonds is 6. The number of nitrogens with zero attached hydrogens (tertiary/aromatic N) is 1.